The van der Waals surface area contributed by atoms with E-state index in [1.165, 1.54) is 37.4 Å². The van der Waals surface area contributed by atoms with Gasteiger partial charge >= 0.3 is 0 Å². The lowest BCUT2D eigenvalue weighted by Gasteiger charge is -2.11. The maximum absolute atomic E-state index is 14.7. The SMILES string of the molecule is [2H]c1nc(Nc2ccc(OC([2H])([2H])COC)cc2)nc(Nc2cc(NC(=O)C=C)c([2H])c([2H])c2[2H])c1F. The second-order valence-corrected chi connectivity index (χ2v) is 5.82. The minimum Gasteiger partial charge on any atom is -0.491 e. The van der Waals surface area contributed by atoms with Gasteiger partial charge in [-0.3, -0.25) is 4.79 Å². The highest BCUT2D eigenvalue weighted by Crippen LogP contribution is 2.23. The fourth-order valence-corrected chi connectivity index (χ4v) is 2.21. The first kappa shape index (κ1) is 14.9. The zero-order chi connectivity index (χ0) is 27.3. The lowest BCUT2D eigenvalue weighted by molar-refractivity contribution is -0.111. The quantitative estimate of drug-likeness (QED) is 0.415. The molecule has 3 N–H and O–H groups in total. The van der Waals surface area contributed by atoms with Crippen molar-refractivity contribution in [2.75, 3.05) is 36.2 Å². The van der Waals surface area contributed by atoms with Crippen LogP contribution >= 0.6 is 0 Å². The van der Waals surface area contributed by atoms with Gasteiger partial charge in [0.1, 0.15) is 12.3 Å². The molecule has 1 amide bonds. The maximum atomic E-state index is 14.7. The number of nitrogens with one attached hydrogen (secondary N) is 3. The van der Waals surface area contributed by atoms with Gasteiger partial charge in [0.05, 0.1) is 21.0 Å². The molecule has 160 valence electrons. The Morgan fingerprint density at radius 1 is 1.26 bits per heavy atom. The zero-order valence-corrected chi connectivity index (χ0v) is 16.4. The number of anilines is 5. The number of carbonyl (C=O) groups is 1. The molecule has 8 nitrogen and oxygen atoms in total. The van der Waals surface area contributed by atoms with Crippen LogP contribution in [0.5, 0.6) is 5.75 Å². The van der Waals surface area contributed by atoms with Gasteiger partial charge in [-0.1, -0.05) is 12.6 Å². The molecule has 0 aliphatic heterocycles. The zero-order valence-electron chi connectivity index (χ0n) is 22.4. The van der Waals surface area contributed by atoms with Gasteiger partial charge in [-0.05, 0) is 48.5 Å². The molecule has 1 heterocycles. The first-order chi connectivity index (χ1) is 17.4. The monoisotopic (exact) mass is 429 g/mol. The van der Waals surface area contributed by atoms with Crippen molar-refractivity contribution < 1.29 is 26.9 Å². The van der Waals surface area contributed by atoms with E-state index in [4.69, 9.17) is 17.7 Å². The predicted octanol–water partition coefficient (Wildman–Crippen LogP) is 4.25. The Kier molecular flexibility index (Phi) is 5.15. The largest absolute Gasteiger partial charge is 0.491 e. The highest BCUT2D eigenvalue weighted by atomic mass is 19.1. The Balaban J connectivity index is 1.86. The smallest absolute Gasteiger partial charge is 0.247 e. The molecule has 0 bridgehead atoms. The third-order valence-electron chi connectivity index (χ3n) is 3.57. The van der Waals surface area contributed by atoms with Crippen molar-refractivity contribution in [2.24, 2.45) is 0 Å². The van der Waals surface area contributed by atoms with Gasteiger partial charge in [-0.15, -0.1) is 0 Å². The summed E-state index contributed by atoms with van der Waals surface area (Å²) < 4.78 is 71.9. The molecule has 0 saturated carbocycles. The van der Waals surface area contributed by atoms with E-state index in [-0.39, 0.29) is 29.7 Å². The van der Waals surface area contributed by atoms with Crippen LogP contribution in [-0.2, 0) is 9.53 Å². The van der Waals surface area contributed by atoms with Crippen molar-refractivity contribution >= 4 is 34.7 Å². The molecule has 0 atom stereocenters. The average Bonchev–Trinajstić information content (AvgIpc) is 2.84. The third-order valence-corrected chi connectivity index (χ3v) is 3.57. The van der Waals surface area contributed by atoms with E-state index in [9.17, 15) is 9.18 Å². The van der Waals surface area contributed by atoms with Gasteiger partial charge < -0.3 is 25.4 Å². The number of rotatable bonds is 10. The van der Waals surface area contributed by atoms with Crippen LogP contribution in [0.4, 0.5) is 33.2 Å². The molecule has 0 saturated heterocycles. The van der Waals surface area contributed by atoms with E-state index in [0.29, 0.717) is 5.69 Å². The molecule has 0 spiro atoms. The number of aromatic nitrogens is 2. The molecule has 0 radical (unpaired) electrons. The molecule has 9 heteroatoms. The number of nitrogens with zero attached hydrogens (tertiary/aromatic N) is 2. The van der Waals surface area contributed by atoms with Gasteiger partial charge in [0.15, 0.2) is 11.6 Å². The molecule has 0 aliphatic rings. The molecule has 3 aromatic rings. The lowest BCUT2D eigenvalue weighted by atomic mass is 10.2. The van der Waals surface area contributed by atoms with Crippen molar-refractivity contribution in [3.63, 3.8) is 0 Å². The van der Waals surface area contributed by atoms with Gasteiger partial charge in [-0.25, -0.2) is 9.37 Å². The first-order valence-electron chi connectivity index (χ1n) is 11.8. The van der Waals surface area contributed by atoms with Crippen molar-refractivity contribution in [3.8, 4) is 5.75 Å². The Hall–Kier alpha value is -3.98. The van der Waals surface area contributed by atoms with E-state index in [0.717, 1.165) is 6.08 Å². The molecule has 1 aromatic heterocycles. The van der Waals surface area contributed by atoms with Crippen molar-refractivity contribution in [1.29, 1.82) is 0 Å². The molecule has 0 aliphatic carbocycles. The van der Waals surface area contributed by atoms with Crippen LogP contribution in [0.3, 0.4) is 0 Å². The molecular formula is C22H22FN5O3. The lowest BCUT2D eigenvalue weighted by Crippen LogP contribution is -2.07. The minimum atomic E-state index is -2.04. The van der Waals surface area contributed by atoms with E-state index < -0.39 is 48.4 Å². The Labute approximate surface area is 187 Å². The normalized spacial score (nSPS) is 13.5. The van der Waals surface area contributed by atoms with Crippen molar-refractivity contribution in [1.82, 2.24) is 9.97 Å². The molecule has 3 rings (SSSR count). The second kappa shape index (κ2) is 10.7. The molecule has 2 aromatic carbocycles. The summed E-state index contributed by atoms with van der Waals surface area (Å²) >= 11 is 0. The Morgan fingerprint density at radius 3 is 2.77 bits per heavy atom. The van der Waals surface area contributed by atoms with Crippen LogP contribution in [0, 0.1) is 5.82 Å². The van der Waals surface area contributed by atoms with Crippen molar-refractivity contribution in [2.45, 2.75) is 0 Å². The summed E-state index contributed by atoms with van der Waals surface area (Å²) in [4.78, 5) is 19.4. The minimum absolute atomic E-state index is 0.107. The van der Waals surface area contributed by atoms with E-state index in [2.05, 4.69) is 32.5 Å². The summed E-state index contributed by atoms with van der Waals surface area (Å²) in [7, 11) is 1.35. The highest BCUT2D eigenvalue weighted by Gasteiger charge is 2.09. The van der Waals surface area contributed by atoms with E-state index >= 15 is 0 Å². The average molecular weight is 429 g/mol. The Morgan fingerprint density at radius 2 is 2.03 bits per heavy atom. The first-order valence-corrected chi connectivity index (χ1v) is 8.84. The van der Waals surface area contributed by atoms with Crippen LogP contribution in [0.2, 0.25) is 0 Å². The van der Waals surface area contributed by atoms with Gasteiger partial charge in [0, 0.05) is 24.2 Å². The molecule has 31 heavy (non-hydrogen) atoms. The van der Waals surface area contributed by atoms with E-state index in [1.807, 2.05) is 0 Å². The van der Waals surface area contributed by atoms with Gasteiger partial charge in [0.25, 0.3) is 0 Å². The summed E-state index contributed by atoms with van der Waals surface area (Å²) in [6.07, 6.45) is 0.204. The summed E-state index contributed by atoms with van der Waals surface area (Å²) in [5.74, 6) is -2.21. The van der Waals surface area contributed by atoms with Gasteiger partial charge in [-0.2, -0.15) is 4.98 Å². The highest BCUT2D eigenvalue weighted by molar-refractivity contribution is 5.99. The van der Waals surface area contributed by atoms with E-state index in [1.54, 1.807) is 0 Å². The fourth-order valence-electron chi connectivity index (χ4n) is 2.21. The van der Waals surface area contributed by atoms with Crippen molar-refractivity contribution in [3.05, 3.63) is 73.1 Å². The standard InChI is InChI=1S/C22H22FN5O3/c1-3-20(29)25-16-5-4-6-17(13-16)26-21-19(23)14-24-22(28-21)27-15-7-9-18(10-8-15)31-12-11-30-2/h3-10,13-14H,1,11-12H2,2H3,(H,25,29)(H2,24,26,27,28)/i4D,5D,6D,12D2,14D. The molecule has 0 fully saturated rings. The van der Waals surface area contributed by atoms with Crippen LogP contribution < -0.4 is 20.7 Å². The topological polar surface area (TPSA) is 97.4 Å². The molecular weight excluding hydrogens is 401 g/mol. The predicted molar refractivity (Wildman–Crippen MR) is 118 cm³/mol. The number of hydrogen-bond donors (Lipinski definition) is 3. The third kappa shape index (κ3) is 6.51. The Bertz CT molecular complexity index is 1330. The van der Waals surface area contributed by atoms with Crippen LogP contribution in [0.1, 0.15) is 8.22 Å². The fraction of sp³-hybridized carbons (Fsp3) is 0.136. The summed E-state index contributed by atoms with van der Waals surface area (Å²) in [5, 5.41) is 7.66. The number of methoxy groups -OCH3 is 1. The van der Waals surface area contributed by atoms with Crippen LogP contribution in [0.25, 0.3) is 0 Å². The number of carbonyl (C=O) groups excluding carboxylic acids is 1. The summed E-state index contributed by atoms with van der Waals surface area (Å²) in [5.41, 5.74) is 0.166. The van der Waals surface area contributed by atoms with Crippen LogP contribution in [-0.4, -0.2) is 36.2 Å². The number of hydrogen-bond acceptors (Lipinski definition) is 7. The summed E-state index contributed by atoms with van der Waals surface area (Å²) in [6.45, 7) is 1.01. The van der Waals surface area contributed by atoms with Gasteiger partial charge in [0.2, 0.25) is 11.9 Å². The maximum Gasteiger partial charge on any atom is 0.247 e. The number of halogens is 1. The van der Waals surface area contributed by atoms with Crippen LogP contribution in [0.15, 0.2) is 67.3 Å². The summed E-state index contributed by atoms with van der Waals surface area (Å²) in [6, 6.07) is 5.77. The number of ether oxygens (including phenoxy) is 2. The number of amides is 1. The second-order valence-electron chi connectivity index (χ2n) is 5.82. The molecule has 0 unspecified atom stereocenters. The number of benzene rings is 2.